The van der Waals surface area contributed by atoms with Gasteiger partial charge in [-0.3, -0.25) is 6.08 Å². The number of hydrogen-bond acceptors (Lipinski definition) is 1. The second kappa shape index (κ2) is 12.6. The fraction of sp³-hybridized carbons (Fsp3) is 0.789. The van der Waals surface area contributed by atoms with Gasteiger partial charge in [0.2, 0.25) is 0 Å². The smallest absolute Gasteiger partial charge is 0.668 e. The van der Waals surface area contributed by atoms with Crippen LogP contribution < -0.4 is 4.98 Å². The van der Waals surface area contributed by atoms with Crippen LogP contribution in [0.2, 0.25) is 13.1 Å². The molecule has 0 saturated heterocycles. The monoisotopic (exact) mass is 436 g/mol. The molecule has 1 N–H and O–H groups in total. The zero-order valence-electron chi connectivity index (χ0n) is 18.1. The minimum absolute atomic E-state index is 0. The number of allylic oxidation sites excluding steroid dienone is 4. The summed E-state index contributed by atoms with van der Waals surface area (Å²) < 4.78 is 0. The Morgan fingerprint density at radius 1 is 0.958 bits per heavy atom. The van der Waals surface area contributed by atoms with Crippen molar-refractivity contribution in [1.29, 1.82) is 0 Å². The van der Waals surface area contributed by atoms with E-state index >= 15 is 0 Å². The maximum Gasteiger partial charge on any atom is 3.00 e. The van der Waals surface area contributed by atoms with Gasteiger partial charge in [-0.2, -0.15) is 39.5 Å². The van der Waals surface area contributed by atoms with Gasteiger partial charge < -0.3 is 15.6 Å². The molecule has 5 heteroatoms. The standard InChI is InChI=1S/C15H28NSi.2C2H6N.Mo/c1-14(2,3)12-10-9-11-13(12)17(7,8)16-15(4,5)6;2*1-3-2;/h11,16H,9H2,1-8H3;2*1-2H3;/q3*-1;+3. The first-order valence-corrected chi connectivity index (χ1v) is 11.3. The molecule has 0 amide bonds. The summed E-state index contributed by atoms with van der Waals surface area (Å²) in [4.78, 5) is 3.85. The Kier molecular flexibility index (Phi) is 15.2. The maximum atomic E-state index is 3.85. The third-order valence-corrected chi connectivity index (χ3v) is 6.14. The van der Waals surface area contributed by atoms with E-state index in [0.717, 1.165) is 6.42 Å². The van der Waals surface area contributed by atoms with E-state index in [1.54, 1.807) is 33.4 Å². The van der Waals surface area contributed by atoms with Crippen LogP contribution in [0.3, 0.4) is 0 Å². The molecule has 1 rings (SSSR count). The summed E-state index contributed by atoms with van der Waals surface area (Å²) >= 11 is 0. The predicted molar refractivity (Wildman–Crippen MR) is 110 cm³/mol. The SMILES string of the molecule is CC(C)(C)N[Si](C)(C)C1=CC[C-]=C1C(C)(C)C.C[N-]C.C[N-]C.[Mo+3]. The summed E-state index contributed by atoms with van der Waals surface area (Å²) in [5.74, 6) is 0. The van der Waals surface area contributed by atoms with Gasteiger partial charge in [0.25, 0.3) is 0 Å². The Labute approximate surface area is 167 Å². The fourth-order valence-electron chi connectivity index (χ4n) is 2.69. The third-order valence-electron chi connectivity index (χ3n) is 2.97. The average Bonchev–Trinajstić information content (AvgIpc) is 2.76. The molecule has 0 saturated carbocycles. The van der Waals surface area contributed by atoms with E-state index in [1.165, 1.54) is 5.57 Å². The van der Waals surface area contributed by atoms with Crippen molar-refractivity contribution in [2.75, 3.05) is 28.2 Å². The first kappa shape index (κ1) is 29.0. The van der Waals surface area contributed by atoms with Gasteiger partial charge in [-0.05, 0) is 26.2 Å². The van der Waals surface area contributed by atoms with Crippen LogP contribution in [0.4, 0.5) is 0 Å². The van der Waals surface area contributed by atoms with Crippen LogP contribution in [0.25, 0.3) is 10.6 Å². The van der Waals surface area contributed by atoms with E-state index in [0.29, 0.717) is 0 Å². The summed E-state index contributed by atoms with van der Waals surface area (Å²) in [6.07, 6.45) is 6.93. The van der Waals surface area contributed by atoms with Gasteiger partial charge in [0, 0.05) is 5.54 Å². The van der Waals surface area contributed by atoms with Crippen LogP contribution in [0.5, 0.6) is 0 Å². The van der Waals surface area contributed by atoms with Gasteiger partial charge in [-0.1, -0.05) is 33.9 Å². The number of nitrogens with one attached hydrogen (secondary N) is 1. The average molecular weight is 435 g/mol. The second-order valence-corrected chi connectivity index (χ2v) is 12.6. The van der Waals surface area contributed by atoms with E-state index in [2.05, 4.69) is 82.4 Å². The van der Waals surface area contributed by atoms with Crippen molar-refractivity contribution in [3.8, 4) is 0 Å². The van der Waals surface area contributed by atoms with Crippen LogP contribution in [-0.4, -0.2) is 42.0 Å². The Balaban J connectivity index is -0.000000550. The summed E-state index contributed by atoms with van der Waals surface area (Å²) in [7, 11) is 5.43. The number of nitrogens with zero attached hydrogens (tertiary/aromatic N) is 2. The van der Waals surface area contributed by atoms with E-state index in [1.807, 2.05) is 0 Å². The molecule has 0 atom stereocenters. The van der Waals surface area contributed by atoms with Gasteiger partial charge in [0.15, 0.2) is 0 Å². The maximum absolute atomic E-state index is 3.85. The van der Waals surface area contributed by atoms with Gasteiger partial charge in [0.1, 0.15) is 0 Å². The molecule has 24 heavy (non-hydrogen) atoms. The van der Waals surface area contributed by atoms with Gasteiger partial charge in [-0.25, -0.2) is 5.57 Å². The minimum Gasteiger partial charge on any atom is -0.668 e. The largest absolute Gasteiger partial charge is 3.00 e. The molecule has 3 nitrogen and oxygen atoms in total. The van der Waals surface area contributed by atoms with Crippen LogP contribution in [0.15, 0.2) is 16.8 Å². The molecule has 0 fully saturated rings. The van der Waals surface area contributed by atoms with Crippen LogP contribution in [-0.2, 0) is 21.1 Å². The fourth-order valence-corrected chi connectivity index (χ4v) is 6.40. The number of hydrogen-bond donors (Lipinski definition) is 1. The third kappa shape index (κ3) is 12.6. The molecule has 0 aliphatic heterocycles. The van der Waals surface area contributed by atoms with Gasteiger partial charge >= 0.3 is 21.1 Å². The van der Waals surface area contributed by atoms with Crippen LogP contribution in [0.1, 0.15) is 48.0 Å². The topological polar surface area (TPSA) is 40.2 Å². The van der Waals surface area contributed by atoms with Crippen LogP contribution >= 0.6 is 0 Å². The molecule has 1 aliphatic rings. The molecular formula is C19H40MoN3Si. The predicted octanol–water partition coefficient (Wildman–Crippen LogP) is 5.46. The van der Waals surface area contributed by atoms with E-state index in [-0.39, 0.29) is 32.0 Å². The zero-order chi connectivity index (χ0) is 18.9. The summed E-state index contributed by atoms with van der Waals surface area (Å²) in [5, 5.41) is 8.56. The molecule has 141 valence electrons. The zero-order valence-corrected chi connectivity index (χ0v) is 21.1. The molecule has 0 aromatic rings. The second-order valence-electron chi connectivity index (χ2n) is 8.52. The molecule has 0 spiro atoms. The van der Waals surface area contributed by atoms with Crippen molar-refractivity contribution in [1.82, 2.24) is 4.98 Å². The quantitative estimate of drug-likeness (QED) is 0.455. The summed E-state index contributed by atoms with van der Waals surface area (Å²) in [6.45, 7) is 18.4. The van der Waals surface area contributed by atoms with Gasteiger partial charge in [0.05, 0.1) is 8.24 Å². The molecule has 0 aromatic heterocycles. The van der Waals surface area contributed by atoms with Gasteiger partial charge in [-0.15, -0.1) is 6.42 Å². The van der Waals surface area contributed by atoms with Crippen LogP contribution in [0, 0.1) is 11.5 Å². The molecule has 1 radical (unpaired) electrons. The molecule has 0 bridgehead atoms. The Morgan fingerprint density at radius 3 is 1.62 bits per heavy atom. The van der Waals surface area contributed by atoms with Crippen molar-refractivity contribution in [2.45, 2.75) is 66.6 Å². The van der Waals surface area contributed by atoms with E-state index < -0.39 is 8.24 Å². The molecule has 1 aliphatic carbocycles. The molecule has 0 unspecified atom stereocenters. The Hall–Kier alpha value is 0.265. The minimum atomic E-state index is -1.57. The number of rotatable bonds is 2. The van der Waals surface area contributed by atoms with E-state index in [9.17, 15) is 0 Å². The summed E-state index contributed by atoms with van der Waals surface area (Å²) in [6, 6.07) is 0. The van der Waals surface area contributed by atoms with Crippen molar-refractivity contribution in [2.24, 2.45) is 5.41 Å². The molecule has 0 heterocycles. The molecule has 0 aromatic carbocycles. The van der Waals surface area contributed by atoms with Crippen molar-refractivity contribution in [3.63, 3.8) is 0 Å². The Bertz CT molecular complexity index is 386. The van der Waals surface area contributed by atoms with Crippen molar-refractivity contribution in [3.05, 3.63) is 33.6 Å². The first-order chi connectivity index (χ1) is 10.3. The normalized spacial score (nSPS) is 14.3. The van der Waals surface area contributed by atoms with E-state index in [4.69, 9.17) is 0 Å². The van der Waals surface area contributed by atoms with Crippen molar-refractivity contribution < 1.29 is 21.1 Å². The molecular weight excluding hydrogens is 394 g/mol. The summed E-state index contributed by atoms with van der Waals surface area (Å²) in [5.41, 5.74) is 1.83. The van der Waals surface area contributed by atoms with Crippen molar-refractivity contribution >= 4 is 8.24 Å². The Morgan fingerprint density at radius 2 is 1.33 bits per heavy atom. The first-order valence-electron chi connectivity index (χ1n) is 8.34.